The Kier molecular flexibility index (Phi) is 4.13. The van der Waals surface area contributed by atoms with Gasteiger partial charge < -0.3 is 5.32 Å². The molecule has 0 atom stereocenters. The van der Waals surface area contributed by atoms with Crippen LogP contribution < -0.4 is 5.32 Å². The standard InChI is InChI=1S/C18H21NS/c1-15-7-5-6-10-17(15)18(13-19-14-18)11-12-20-16-8-3-2-4-9-16/h2-10,19H,11-14H2,1H3. The predicted molar refractivity (Wildman–Crippen MR) is 87.5 cm³/mol. The summed E-state index contributed by atoms with van der Waals surface area (Å²) in [7, 11) is 0. The third-order valence-electron chi connectivity index (χ3n) is 4.24. The van der Waals surface area contributed by atoms with Crippen molar-refractivity contribution in [3.05, 3.63) is 65.7 Å². The van der Waals surface area contributed by atoms with Gasteiger partial charge in [-0.15, -0.1) is 11.8 Å². The molecule has 1 heterocycles. The highest BCUT2D eigenvalue weighted by Crippen LogP contribution is 2.36. The number of hydrogen-bond acceptors (Lipinski definition) is 2. The van der Waals surface area contributed by atoms with Crippen molar-refractivity contribution in [2.75, 3.05) is 18.8 Å². The summed E-state index contributed by atoms with van der Waals surface area (Å²) >= 11 is 1.97. The van der Waals surface area contributed by atoms with E-state index in [0.717, 1.165) is 13.1 Å². The first kappa shape index (κ1) is 13.7. The molecule has 104 valence electrons. The van der Waals surface area contributed by atoms with Crippen molar-refractivity contribution in [2.24, 2.45) is 0 Å². The Morgan fingerprint density at radius 2 is 1.70 bits per heavy atom. The second-order valence-electron chi connectivity index (χ2n) is 5.61. The van der Waals surface area contributed by atoms with Gasteiger partial charge in [0, 0.05) is 23.4 Å². The van der Waals surface area contributed by atoms with Gasteiger partial charge in [0.15, 0.2) is 0 Å². The SMILES string of the molecule is Cc1ccccc1C1(CCSc2ccccc2)CNC1. The third kappa shape index (κ3) is 2.77. The minimum atomic E-state index is 0.354. The number of benzene rings is 2. The summed E-state index contributed by atoms with van der Waals surface area (Å²) < 4.78 is 0. The van der Waals surface area contributed by atoms with Crippen molar-refractivity contribution in [1.29, 1.82) is 0 Å². The maximum atomic E-state index is 3.47. The Morgan fingerprint density at radius 3 is 2.35 bits per heavy atom. The Bertz CT molecular complexity index is 561. The number of hydrogen-bond donors (Lipinski definition) is 1. The molecule has 0 amide bonds. The van der Waals surface area contributed by atoms with E-state index in [0.29, 0.717) is 5.41 Å². The van der Waals surface area contributed by atoms with Gasteiger partial charge in [0.1, 0.15) is 0 Å². The summed E-state index contributed by atoms with van der Waals surface area (Å²) in [5.41, 5.74) is 3.32. The fourth-order valence-electron chi connectivity index (χ4n) is 2.98. The van der Waals surface area contributed by atoms with Gasteiger partial charge in [0.05, 0.1) is 0 Å². The molecule has 1 nitrogen and oxygen atoms in total. The average Bonchev–Trinajstić information content (AvgIpc) is 2.44. The molecule has 0 bridgehead atoms. The van der Waals surface area contributed by atoms with Crippen molar-refractivity contribution in [3.8, 4) is 0 Å². The van der Waals surface area contributed by atoms with Gasteiger partial charge in [-0.2, -0.15) is 0 Å². The maximum absolute atomic E-state index is 3.47. The zero-order valence-corrected chi connectivity index (χ0v) is 12.7. The summed E-state index contributed by atoms with van der Waals surface area (Å²) in [4.78, 5) is 1.37. The Balaban J connectivity index is 1.67. The van der Waals surface area contributed by atoms with Crippen LogP contribution in [0.5, 0.6) is 0 Å². The quantitative estimate of drug-likeness (QED) is 0.832. The number of rotatable bonds is 5. The summed E-state index contributed by atoms with van der Waals surface area (Å²) in [6.45, 7) is 4.47. The molecule has 1 N–H and O–H groups in total. The largest absolute Gasteiger partial charge is 0.315 e. The van der Waals surface area contributed by atoms with Crippen molar-refractivity contribution >= 4 is 11.8 Å². The molecule has 0 aromatic heterocycles. The first-order valence-corrected chi connectivity index (χ1v) is 8.23. The molecule has 1 aliphatic heterocycles. The molecule has 0 aliphatic carbocycles. The van der Waals surface area contributed by atoms with Gasteiger partial charge in [0.2, 0.25) is 0 Å². The predicted octanol–water partition coefficient (Wildman–Crippen LogP) is 4.02. The van der Waals surface area contributed by atoms with Crippen LogP contribution in [0.1, 0.15) is 17.5 Å². The highest BCUT2D eigenvalue weighted by atomic mass is 32.2. The van der Waals surface area contributed by atoms with Crippen LogP contribution in [0.2, 0.25) is 0 Å². The van der Waals surface area contributed by atoms with Crippen LogP contribution in [0.15, 0.2) is 59.5 Å². The fourth-order valence-corrected chi connectivity index (χ4v) is 4.06. The van der Waals surface area contributed by atoms with Gasteiger partial charge in [-0.1, -0.05) is 42.5 Å². The molecule has 2 heteroatoms. The Hall–Kier alpha value is -1.25. The van der Waals surface area contributed by atoms with E-state index in [9.17, 15) is 0 Å². The first-order chi connectivity index (χ1) is 9.80. The highest BCUT2D eigenvalue weighted by molar-refractivity contribution is 7.99. The van der Waals surface area contributed by atoms with Crippen LogP contribution in [0, 0.1) is 6.92 Å². The lowest BCUT2D eigenvalue weighted by atomic mass is 9.71. The van der Waals surface area contributed by atoms with Crippen LogP contribution in [0.25, 0.3) is 0 Å². The van der Waals surface area contributed by atoms with Gasteiger partial charge in [-0.3, -0.25) is 0 Å². The van der Waals surface area contributed by atoms with E-state index in [1.165, 1.54) is 28.2 Å². The van der Waals surface area contributed by atoms with E-state index in [2.05, 4.69) is 66.8 Å². The topological polar surface area (TPSA) is 12.0 Å². The van der Waals surface area contributed by atoms with E-state index >= 15 is 0 Å². The zero-order valence-electron chi connectivity index (χ0n) is 11.9. The monoisotopic (exact) mass is 283 g/mol. The van der Waals surface area contributed by atoms with Gasteiger partial charge in [0.25, 0.3) is 0 Å². The van der Waals surface area contributed by atoms with Gasteiger partial charge in [-0.05, 0) is 42.4 Å². The minimum Gasteiger partial charge on any atom is -0.315 e. The second-order valence-corrected chi connectivity index (χ2v) is 6.78. The Labute approximate surface area is 125 Å². The fraction of sp³-hybridized carbons (Fsp3) is 0.333. The van der Waals surface area contributed by atoms with Gasteiger partial charge in [-0.25, -0.2) is 0 Å². The summed E-state index contributed by atoms with van der Waals surface area (Å²) in [5, 5.41) is 3.47. The van der Waals surface area contributed by atoms with Crippen molar-refractivity contribution in [1.82, 2.24) is 5.32 Å². The molecule has 20 heavy (non-hydrogen) atoms. The lowest BCUT2D eigenvalue weighted by Gasteiger charge is -2.44. The lowest BCUT2D eigenvalue weighted by Crippen LogP contribution is -2.57. The van der Waals surface area contributed by atoms with Crippen LogP contribution in [-0.2, 0) is 5.41 Å². The number of nitrogens with one attached hydrogen (secondary N) is 1. The van der Waals surface area contributed by atoms with E-state index in [4.69, 9.17) is 0 Å². The molecule has 0 saturated carbocycles. The van der Waals surface area contributed by atoms with E-state index < -0.39 is 0 Å². The van der Waals surface area contributed by atoms with E-state index in [1.54, 1.807) is 0 Å². The lowest BCUT2D eigenvalue weighted by molar-refractivity contribution is 0.268. The molecule has 3 rings (SSSR count). The van der Waals surface area contributed by atoms with Crippen LogP contribution in [0.3, 0.4) is 0 Å². The van der Waals surface area contributed by atoms with E-state index in [1.807, 2.05) is 11.8 Å². The minimum absolute atomic E-state index is 0.354. The van der Waals surface area contributed by atoms with Crippen molar-refractivity contribution < 1.29 is 0 Å². The summed E-state index contributed by atoms with van der Waals surface area (Å²) in [5.74, 6) is 1.18. The van der Waals surface area contributed by atoms with Gasteiger partial charge >= 0.3 is 0 Å². The van der Waals surface area contributed by atoms with Crippen LogP contribution >= 0.6 is 11.8 Å². The van der Waals surface area contributed by atoms with Crippen molar-refractivity contribution in [3.63, 3.8) is 0 Å². The molecular weight excluding hydrogens is 262 g/mol. The molecule has 1 aliphatic rings. The number of thioether (sulfide) groups is 1. The average molecular weight is 283 g/mol. The molecule has 0 radical (unpaired) electrons. The first-order valence-electron chi connectivity index (χ1n) is 7.25. The smallest absolute Gasteiger partial charge is 0.0213 e. The second kappa shape index (κ2) is 6.02. The summed E-state index contributed by atoms with van der Waals surface area (Å²) in [6, 6.07) is 19.6. The molecule has 1 fully saturated rings. The molecule has 0 unspecified atom stereocenters. The molecule has 2 aromatic rings. The molecule has 0 spiro atoms. The van der Waals surface area contributed by atoms with E-state index in [-0.39, 0.29) is 0 Å². The maximum Gasteiger partial charge on any atom is 0.0213 e. The van der Waals surface area contributed by atoms with Crippen LogP contribution in [0.4, 0.5) is 0 Å². The highest BCUT2D eigenvalue weighted by Gasteiger charge is 2.38. The normalized spacial score (nSPS) is 16.6. The molecule has 2 aromatic carbocycles. The third-order valence-corrected chi connectivity index (χ3v) is 5.25. The van der Waals surface area contributed by atoms with Crippen LogP contribution in [-0.4, -0.2) is 18.8 Å². The molecular formula is C18H21NS. The summed E-state index contributed by atoms with van der Waals surface area (Å²) in [6.07, 6.45) is 1.24. The van der Waals surface area contributed by atoms with Crippen molar-refractivity contribution in [2.45, 2.75) is 23.7 Å². The number of aryl methyl sites for hydroxylation is 1. The Morgan fingerprint density at radius 1 is 1.00 bits per heavy atom. The molecule has 1 saturated heterocycles. The zero-order chi connectivity index (χ0) is 13.8.